The summed E-state index contributed by atoms with van der Waals surface area (Å²) in [4.78, 5) is 11.5. The van der Waals surface area contributed by atoms with Gasteiger partial charge in [0.15, 0.2) is 0 Å². The van der Waals surface area contributed by atoms with E-state index < -0.39 is 45.0 Å². The standard InChI is InChI=1S/C12H15F3N2O3S2/c1-8(16-11(18)7-21-12(13,14)15)9-5-3-4-6-10(9)17-22(2,19)20/h3-6,8,17H,7H2,1-2H3,(H,16,18). The van der Waals surface area contributed by atoms with Crippen LogP contribution >= 0.6 is 11.8 Å². The van der Waals surface area contributed by atoms with Crippen molar-refractivity contribution in [3.8, 4) is 0 Å². The zero-order valence-corrected chi connectivity index (χ0v) is 13.4. The molecule has 0 aliphatic heterocycles. The minimum Gasteiger partial charge on any atom is -0.349 e. The lowest BCUT2D eigenvalue weighted by atomic mass is 10.1. The van der Waals surface area contributed by atoms with Gasteiger partial charge in [0.25, 0.3) is 0 Å². The van der Waals surface area contributed by atoms with Gasteiger partial charge in [-0.25, -0.2) is 8.42 Å². The van der Waals surface area contributed by atoms with Crippen LogP contribution in [0.15, 0.2) is 24.3 Å². The van der Waals surface area contributed by atoms with E-state index in [9.17, 15) is 26.4 Å². The van der Waals surface area contributed by atoms with Gasteiger partial charge >= 0.3 is 5.51 Å². The molecular formula is C12H15F3N2O3S2. The molecule has 5 nitrogen and oxygen atoms in total. The lowest BCUT2D eigenvalue weighted by Crippen LogP contribution is -2.29. The highest BCUT2D eigenvalue weighted by Gasteiger charge is 2.29. The summed E-state index contributed by atoms with van der Waals surface area (Å²) in [5, 5.41) is 2.40. The highest BCUT2D eigenvalue weighted by molar-refractivity contribution is 8.00. The second-order valence-electron chi connectivity index (χ2n) is 4.49. The Kier molecular flexibility index (Phi) is 6.12. The molecule has 0 aliphatic rings. The molecule has 0 bridgehead atoms. The molecule has 0 aromatic heterocycles. The average Bonchev–Trinajstić information content (AvgIpc) is 2.34. The van der Waals surface area contributed by atoms with Crippen molar-refractivity contribution in [3.05, 3.63) is 29.8 Å². The van der Waals surface area contributed by atoms with Crippen LogP contribution in [0.3, 0.4) is 0 Å². The quantitative estimate of drug-likeness (QED) is 0.821. The van der Waals surface area contributed by atoms with Crippen molar-refractivity contribution < 1.29 is 26.4 Å². The molecule has 1 aromatic carbocycles. The summed E-state index contributed by atoms with van der Waals surface area (Å²) in [6.07, 6.45) is 0.979. The monoisotopic (exact) mass is 356 g/mol. The van der Waals surface area contributed by atoms with E-state index in [0.29, 0.717) is 5.56 Å². The molecule has 0 spiro atoms. The predicted molar refractivity (Wildman–Crippen MR) is 80.0 cm³/mol. The van der Waals surface area contributed by atoms with Crippen molar-refractivity contribution in [3.63, 3.8) is 0 Å². The summed E-state index contributed by atoms with van der Waals surface area (Å²) >= 11 is -0.430. The van der Waals surface area contributed by atoms with E-state index in [2.05, 4.69) is 10.0 Å². The molecule has 0 saturated heterocycles. The maximum atomic E-state index is 12.0. The van der Waals surface area contributed by atoms with Gasteiger partial charge in [-0.2, -0.15) is 13.2 Å². The van der Waals surface area contributed by atoms with E-state index in [-0.39, 0.29) is 5.69 Å². The molecule has 1 atom stereocenters. The van der Waals surface area contributed by atoms with E-state index in [4.69, 9.17) is 0 Å². The van der Waals surface area contributed by atoms with Gasteiger partial charge in [-0.3, -0.25) is 9.52 Å². The van der Waals surface area contributed by atoms with Gasteiger partial charge < -0.3 is 5.32 Å². The van der Waals surface area contributed by atoms with E-state index in [1.807, 2.05) is 0 Å². The number of nitrogens with one attached hydrogen (secondary N) is 2. The summed E-state index contributed by atoms with van der Waals surface area (Å²) in [7, 11) is -3.51. The number of rotatable bonds is 6. The molecule has 1 aromatic rings. The number of halogens is 3. The summed E-state index contributed by atoms with van der Waals surface area (Å²) < 4.78 is 61.0. The molecule has 0 fully saturated rings. The molecule has 10 heteroatoms. The van der Waals surface area contributed by atoms with Gasteiger partial charge in [-0.05, 0) is 30.3 Å². The molecule has 22 heavy (non-hydrogen) atoms. The number of carbonyl (C=O) groups excluding carboxylic acids is 1. The normalized spacial score (nSPS) is 13.5. The van der Waals surface area contributed by atoms with Crippen molar-refractivity contribution in [2.75, 3.05) is 16.7 Å². The smallest absolute Gasteiger partial charge is 0.349 e. The molecule has 0 saturated carbocycles. The van der Waals surface area contributed by atoms with Crippen LogP contribution in [-0.2, 0) is 14.8 Å². The molecule has 0 radical (unpaired) electrons. The van der Waals surface area contributed by atoms with Crippen molar-refractivity contribution in [2.45, 2.75) is 18.5 Å². The van der Waals surface area contributed by atoms with Crippen LogP contribution in [0.4, 0.5) is 18.9 Å². The summed E-state index contributed by atoms with van der Waals surface area (Å²) in [6, 6.07) is 5.67. The first-order chi connectivity index (χ1) is 9.98. The molecule has 1 unspecified atom stereocenters. The number of anilines is 1. The van der Waals surface area contributed by atoms with E-state index in [0.717, 1.165) is 6.26 Å². The first-order valence-corrected chi connectivity index (χ1v) is 8.92. The first kappa shape index (κ1) is 18.6. The molecule has 2 N–H and O–H groups in total. The number of para-hydroxylation sites is 1. The Morgan fingerprint density at radius 3 is 2.45 bits per heavy atom. The number of sulfonamides is 1. The summed E-state index contributed by atoms with van der Waals surface area (Å²) in [5.41, 5.74) is -3.75. The fraction of sp³-hybridized carbons (Fsp3) is 0.417. The largest absolute Gasteiger partial charge is 0.442 e. The maximum absolute atomic E-state index is 12.0. The topological polar surface area (TPSA) is 75.3 Å². The molecular weight excluding hydrogens is 341 g/mol. The van der Waals surface area contributed by atoms with Gasteiger partial charge in [-0.1, -0.05) is 18.2 Å². The zero-order valence-electron chi connectivity index (χ0n) is 11.8. The second kappa shape index (κ2) is 7.23. The summed E-state index contributed by atoms with van der Waals surface area (Å²) in [6.45, 7) is 1.55. The first-order valence-electron chi connectivity index (χ1n) is 6.05. The Labute approximate surface area is 130 Å². The Morgan fingerprint density at radius 2 is 1.91 bits per heavy atom. The van der Waals surface area contributed by atoms with Crippen molar-refractivity contribution in [1.29, 1.82) is 0 Å². The Bertz CT molecular complexity index is 633. The van der Waals surface area contributed by atoms with Crippen LogP contribution in [0.1, 0.15) is 18.5 Å². The fourth-order valence-corrected chi connectivity index (χ4v) is 2.64. The number of hydrogen-bond acceptors (Lipinski definition) is 4. The van der Waals surface area contributed by atoms with Gasteiger partial charge in [0.05, 0.1) is 23.7 Å². The summed E-state index contributed by atoms with van der Waals surface area (Å²) in [5.74, 6) is -1.54. The lowest BCUT2D eigenvalue weighted by Gasteiger charge is -2.18. The molecule has 0 heterocycles. The molecule has 1 amide bonds. The van der Waals surface area contributed by atoms with Crippen LogP contribution in [0.2, 0.25) is 0 Å². The number of carbonyl (C=O) groups is 1. The van der Waals surface area contributed by atoms with Gasteiger partial charge in [0.2, 0.25) is 15.9 Å². The van der Waals surface area contributed by atoms with Crippen molar-refractivity contribution in [1.82, 2.24) is 5.32 Å². The van der Waals surface area contributed by atoms with Crippen LogP contribution in [0.25, 0.3) is 0 Å². The third-order valence-corrected chi connectivity index (χ3v) is 3.79. The van der Waals surface area contributed by atoms with Gasteiger partial charge in [-0.15, -0.1) is 0 Å². The zero-order chi connectivity index (χ0) is 17.0. The minimum absolute atomic E-state index is 0.265. The Morgan fingerprint density at radius 1 is 1.32 bits per heavy atom. The van der Waals surface area contributed by atoms with Crippen LogP contribution in [0, 0.1) is 0 Å². The number of hydrogen-bond donors (Lipinski definition) is 2. The third-order valence-electron chi connectivity index (χ3n) is 2.47. The number of benzene rings is 1. The van der Waals surface area contributed by atoms with Crippen LogP contribution in [-0.4, -0.2) is 31.8 Å². The van der Waals surface area contributed by atoms with Gasteiger partial charge in [0, 0.05) is 0 Å². The van der Waals surface area contributed by atoms with Gasteiger partial charge in [0.1, 0.15) is 0 Å². The van der Waals surface area contributed by atoms with Crippen LogP contribution in [0.5, 0.6) is 0 Å². The average molecular weight is 356 g/mol. The number of thioether (sulfide) groups is 1. The number of alkyl halides is 3. The third kappa shape index (κ3) is 7.03. The molecule has 1 rings (SSSR count). The lowest BCUT2D eigenvalue weighted by molar-refractivity contribution is -0.119. The van der Waals surface area contributed by atoms with E-state index >= 15 is 0 Å². The highest BCUT2D eigenvalue weighted by Crippen LogP contribution is 2.30. The van der Waals surface area contributed by atoms with Crippen LogP contribution < -0.4 is 10.0 Å². The fourth-order valence-electron chi connectivity index (χ4n) is 1.68. The van der Waals surface area contributed by atoms with Crippen molar-refractivity contribution >= 4 is 33.4 Å². The number of amides is 1. The molecule has 0 aliphatic carbocycles. The van der Waals surface area contributed by atoms with E-state index in [1.165, 1.54) is 6.07 Å². The van der Waals surface area contributed by atoms with Crippen molar-refractivity contribution in [2.24, 2.45) is 0 Å². The second-order valence-corrected chi connectivity index (χ2v) is 7.27. The highest BCUT2D eigenvalue weighted by atomic mass is 32.2. The Hall–Kier alpha value is -1.42. The van der Waals surface area contributed by atoms with E-state index in [1.54, 1.807) is 25.1 Å². The molecule has 124 valence electrons. The predicted octanol–water partition coefficient (Wildman–Crippen LogP) is 2.49. The maximum Gasteiger partial charge on any atom is 0.442 e. The Balaban J connectivity index is 2.77. The SMILES string of the molecule is CC(NC(=O)CSC(F)(F)F)c1ccccc1NS(C)(=O)=O. The minimum atomic E-state index is -4.48.